The number of alkyl halides is 3. The predicted octanol–water partition coefficient (Wildman–Crippen LogP) is 7.06. The molecule has 2 aromatic rings. The maximum atomic E-state index is 14.4. The van der Waals surface area contributed by atoms with Crippen LogP contribution in [0.15, 0.2) is 30.3 Å². The van der Waals surface area contributed by atoms with E-state index in [1.54, 1.807) is 12.1 Å². The number of halogens is 3. The van der Waals surface area contributed by atoms with Crippen LogP contribution in [0.4, 0.5) is 13.2 Å². The van der Waals surface area contributed by atoms with Gasteiger partial charge >= 0.3 is 6.18 Å². The highest BCUT2D eigenvalue weighted by Gasteiger charge is 2.38. The maximum Gasteiger partial charge on any atom is 0.420 e. The molecule has 0 atom stereocenters. The fraction of sp³-hybridized carbons (Fsp3) is 0.630. The zero-order chi connectivity index (χ0) is 23.4. The van der Waals surface area contributed by atoms with Gasteiger partial charge in [0, 0.05) is 25.1 Å². The Hall–Kier alpha value is -1.79. The summed E-state index contributed by atoms with van der Waals surface area (Å²) in [5, 5.41) is 0.916. The summed E-state index contributed by atoms with van der Waals surface area (Å²) < 4.78 is 54.8. The molecule has 1 aliphatic carbocycles. The number of ether oxygens (including phenoxy) is 2. The molecule has 4 rings (SSSR count). The molecule has 0 spiro atoms. The predicted molar refractivity (Wildman–Crippen MR) is 125 cm³/mol. The van der Waals surface area contributed by atoms with Gasteiger partial charge in [0.2, 0.25) is 0 Å². The summed E-state index contributed by atoms with van der Waals surface area (Å²) in [4.78, 5) is 2.27. The molecule has 1 saturated heterocycles. The highest BCUT2D eigenvalue weighted by atomic mass is 19.4. The van der Waals surface area contributed by atoms with Crippen molar-refractivity contribution in [2.75, 3.05) is 26.3 Å². The molecule has 2 fully saturated rings. The molecular weight excluding hydrogens is 427 g/mol. The highest BCUT2D eigenvalue weighted by Crippen LogP contribution is 2.44. The second-order valence-corrected chi connectivity index (χ2v) is 9.83. The average Bonchev–Trinajstić information content (AvgIpc) is 2.79. The SMILES string of the molecule is CCOCC1CCN(Cc2cccc3ccc(OC4CCC(C)CC4)c(C(F)(F)F)c23)CC1. The van der Waals surface area contributed by atoms with E-state index in [-0.39, 0.29) is 11.9 Å². The van der Waals surface area contributed by atoms with Crippen LogP contribution in [0.25, 0.3) is 10.8 Å². The van der Waals surface area contributed by atoms with E-state index in [2.05, 4.69) is 11.8 Å². The van der Waals surface area contributed by atoms with Crippen LogP contribution in [0.3, 0.4) is 0 Å². The van der Waals surface area contributed by atoms with Crippen molar-refractivity contribution in [1.29, 1.82) is 0 Å². The number of piperidine rings is 1. The fourth-order valence-corrected chi connectivity index (χ4v) is 5.31. The Bertz CT molecular complexity index is 913. The van der Waals surface area contributed by atoms with Gasteiger partial charge in [0.25, 0.3) is 0 Å². The molecule has 2 aliphatic rings. The molecule has 1 saturated carbocycles. The van der Waals surface area contributed by atoms with E-state index in [1.165, 1.54) is 6.07 Å². The van der Waals surface area contributed by atoms with Crippen molar-refractivity contribution >= 4 is 10.8 Å². The van der Waals surface area contributed by atoms with Crippen LogP contribution < -0.4 is 4.74 Å². The van der Waals surface area contributed by atoms with E-state index in [0.717, 1.165) is 70.4 Å². The van der Waals surface area contributed by atoms with Gasteiger partial charge in [-0.25, -0.2) is 0 Å². The van der Waals surface area contributed by atoms with Crippen LogP contribution in [-0.4, -0.2) is 37.3 Å². The molecule has 1 heterocycles. The summed E-state index contributed by atoms with van der Waals surface area (Å²) in [7, 11) is 0. The Morgan fingerprint density at radius 1 is 0.970 bits per heavy atom. The van der Waals surface area contributed by atoms with Crippen molar-refractivity contribution in [2.24, 2.45) is 11.8 Å². The molecule has 0 radical (unpaired) electrons. The Balaban J connectivity index is 1.60. The topological polar surface area (TPSA) is 21.7 Å². The smallest absolute Gasteiger partial charge is 0.420 e. The lowest BCUT2D eigenvalue weighted by Gasteiger charge is -2.32. The minimum Gasteiger partial charge on any atom is -0.490 e. The fourth-order valence-electron chi connectivity index (χ4n) is 5.31. The molecule has 3 nitrogen and oxygen atoms in total. The van der Waals surface area contributed by atoms with Crippen LogP contribution in [0, 0.1) is 11.8 Å². The maximum absolute atomic E-state index is 14.4. The van der Waals surface area contributed by atoms with Crippen LogP contribution in [-0.2, 0) is 17.5 Å². The quantitative estimate of drug-likeness (QED) is 0.439. The number of hydrogen-bond donors (Lipinski definition) is 0. The molecule has 0 bridgehead atoms. The van der Waals surface area contributed by atoms with Gasteiger partial charge in [-0.3, -0.25) is 4.90 Å². The van der Waals surface area contributed by atoms with Crippen molar-refractivity contribution in [3.05, 3.63) is 41.5 Å². The summed E-state index contributed by atoms with van der Waals surface area (Å²) in [6.07, 6.45) is 1.06. The van der Waals surface area contributed by atoms with Gasteiger partial charge in [0.1, 0.15) is 11.3 Å². The normalized spacial score (nSPS) is 23.2. The van der Waals surface area contributed by atoms with Crippen LogP contribution in [0.5, 0.6) is 5.75 Å². The van der Waals surface area contributed by atoms with Gasteiger partial charge in [-0.15, -0.1) is 0 Å². The van der Waals surface area contributed by atoms with Crippen molar-refractivity contribution < 1.29 is 22.6 Å². The lowest BCUT2D eigenvalue weighted by Crippen LogP contribution is -2.34. The lowest BCUT2D eigenvalue weighted by molar-refractivity contribution is -0.138. The lowest BCUT2D eigenvalue weighted by atomic mass is 9.89. The van der Waals surface area contributed by atoms with Crippen molar-refractivity contribution in [3.63, 3.8) is 0 Å². The van der Waals surface area contributed by atoms with E-state index >= 15 is 0 Å². The Morgan fingerprint density at radius 2 is 1.70 bits per heavy atom. The largest absolute Gasteiger partial charge is 0.490 e. The molecule has 182 valence electrons. The second kappa shape index (κ2) is 10.6. The van der Waals surface area contributed by atoms with Gasteiger partial charge < -0.3 is 9.47 Å². The number of benzene rings is 2. The molecule has 2 aromatic carbocycles. The van der Waals surface area contributed by atoms with E-state index in [0.29, 0.717) is 29.2 Å². The minimum atomic E-state index is -4.47. The van der Waals surface area contributed by atoms with Gasteiger partial charge in [-0.1, -0.05) is 31.2 Å². The molecule has 1 aliphatic heterocycles. The molecule has 0 amide bonds. The highest BCUT2D eigenvalue weighted by molar-refractivity contribution is 5.91. The first-order chi connectivity index (χ1) is 15.8. The third-order valence-electron chi connectivity index (χ3n) is 7.29. The van der Waals surface area contributed by atoms with Crippen LogP contribution >= 0.6 is 0 Å². The van der Waals surface area contributed by atoms with E-state index in [4.69, 9.17) is 9.47 Å². The monoisotopic (exact) mass is 463 g/mol. The Morgan fingerprint density at radius 3 is 2.36 bits per heavy atom. The zero-order valence-corrected chi connectivity index (χ0v) is 19.8. The first-order valence-corrected chi connectivity index (χ1v) is 12.4. The summed E-state index contributed by atoms with van der Waals surface area (Å²) in [6, 6.07) is 8.78. The summed E-state index contributed by atoms with van der Waals surface area (Å²) in [6.45, 7) is 7.97. The Kier molecular flexibility index (Phi) is 7.85. The number of nitrogens with zero attached hydrogens (tertiary/aromatic N) is 1. The Labute approximate surface area is 195 Å². The van der Waals surface area contributed by atoms with Gasteiger partial charge in [0.15, 0.2) is 0 Å². The molecule has 0 unspecified atom stereocenters. The third-order valence-corrected chi connectivity index (χ3v) is 7.29. The van der Waals surface area contributed by atoms with Crippen molar-refractivity contribution in [3.8, 4) is 5.75 Å². The van der Waals surface area contributed by atoms with Gasteiger partial charge in [-0.05, 0) is 87.4 Å². The summed E-state index contributed by atoms with van der Waals surface area (Å²) in [5.74, 6) is 1.14. The van der Waals surface area contributed by atoms with E-state index in [1.807, 2.05) is 19.1 Å². The van der Waals surface area contributed by atoms with E-state index in [9.17, 15) is 13.2 Å². The minimum absolute atomic E-state index is 0.0163. The zero-order valence-electron chi connectivity index (χ0n) is 19.8. The standard InChI is InChI=1S/C27H36F3NO2/c1-3-32-18-20-13-15-31(16-14-20)17-22-6-4-5-21-9-12-24(26(25(21)22)27(28,29)30)33-23-10-7-19(2)8-11-23/h4-6,9,12,19-20,23H,3,7-8,10-11,13-18H2,1-2H3. The second-order valence-electron chi connectivity index (χ2n) is 9.83. The first kappa shape index (κ1) is 24.3. The molecular formula is C27H36F3NO2. The summed E-state index contributed by atoms with van der Waals surface area (Å²) in [5.41, 5.74) is 0.117. The molecule has 0 aromatic heterocycles. The molecule has 0 N–H and O–H groups in total. The third kappa shape index (κ3) is 6.02. The van der Waals surface area contributed by atoms with Crippen molar-refractivity contribution in [1.82, 2.24) is 4.90 Å². The first-order valence-electron chi connectivity index (χ1n) is 12.4. The van der Waals surface area contributed by atoms with Gasteiger partial charge in [-0.2, -0.15) is 13.2 Å². The average molecular weight is 464 g/mol. The number of fused-ring (bicyclic) bond motifs is 1. The number of hydrogen-bond acceptors (Lipinski definition) is 3. The molecule has 6 heteroatoms. The van der Waals surface area contributed by atoms with Gasteiger partial charge in [0.05, 0.1) is 6.10 Å². The van der Waals surface area contributed by atoms with Crippen molar-refractivity contribution in [2.45, 2.75) is 71.2 Å². The van der Waals surface area contributed by atoms with Crippen LogP contribution in [0.2, 0.25) is 0 Å². The van der Waals surface area contributed by atoms with E-state index < -0.39 is 11.7 Å². The molecule has 33 heavy (non-hydrogen) atoms. The van der Waals surface area contributed by atoms with Crippen LogP contribution in [0.1, 0.15) is 63.5 Å². The number of likely N-dealkylation sites (tertiary alicyclic amines) is 1. The number of rotatable bonds is 7. The summed E-state index contributed by atoms with van der Waals surface area (Å²) >= 11 is 0.